The molecule has 0 radical (unpaired) electrons. The van der Waals surface area contributed by atoms with Gasteiger partial charge in [0, 0.05) is 17.1 Å². The molecule has 0 aliphatic carbocycles. The summed E-state index contributed by atoms with van der Waals surface area (Å²) in [6.07, 6.45) is 3.15. The molecule has 0 aromatic carbocycles. The lowest BCUT2D eigenvalue weighted by atomic mass is 10.4. The van der Waals surface area contributed by atoms with Gasteiger partial charge in [-0.3, -0.25) is 0 Å². The summed E-state index contributed by atoms with van der Waals surface area (Å²) >= 11 is 0. The molecule has 0 spiro atoms. The summed E-state index contributed by atoms with van der Waals surface area (Å²) in [6.45, 7) is 0. The predicted molar refractivity (Wildman–Crippen MR) is 51.9 cm³/mol. The average molecular weight is 237 g/mol. The van der Waals surface area contributed by atoms with Gasteiger partial charge in [-0.25, -0.2) is 18.4 Å². The zero-order chi connectivity index (χ0) is 10.6. The molecule has 0 amide bonds. The van der Waals surface area contributed by atoms with Gasteiger partial charge in [0.25, 0.3) is 0 Å². The first-order valence-corrected chi connectivity index (χ1v) is 6.26. The number of aromatic nitrogens is 2. The van der Waals surface area contributed by atoms with E-state index in [1.165, 1.54) is 19.5 Å². The third kappa shape index (κ3) is 3.89. The SMILES string of the molecule is COc1cnc(CCS(=O)(=O)Cl)nc1. The van der Waals surface area contributed by atoms with Crippen LogP contribution in [0.3, 0.4) is 0 Å². The van der Waals surface area contributed by atoms with Crippen molar-refractivity contribution < 1.29 is 13.2 Å². The molecule has 14 heavy (non-hydrogen) atoms. The molecule has 0 saturated heterocycles. The normalized spacial score (nSPS) is 11.3. The summed E-state index contributed by atoms with van der Waals surface area (Å²) in [4.78, 5) is 7.79. The molecule has 0 aliphatic rings. The average Bonchev–Trinajstić information content (AvgIpc) is 2.14. The number of rotatable bonds is 4. The Morgan fingerprint density at radius 1 is 1.43 bits per heavy atom. The zero-order valence-electron chi connectivity index (χ0n) is 7.47. The van der Waals surface area contributed by atoms with Crippen molar-refractivity contribution in [1.29, 1.82) is 0 Å². The highest BCUT2D eigenvalue weighted by Crippen LogP contribution is 2.06. The van der Waals surface area contributed by atoms with Crippen molar-refractivity contribution in [2.75, 3.05) is 12.9 Å². The fourth-order valence-corrected chi connectivity index (χ4v) is 1.45. The van der Waals surface area contributed by atoms with Crippen molar-refractivity contribution in [1.82, 2.24) is 9.97 Å². The van der Waals surface area contributed by atoms with Crippen LogP contribution >= 0.6 is 10.7 Å². The van der Waals surface area contributed by atoms with Crippen LogP contribution in [0.1, 0.15) is 5.82 Å². The minimum atomic E-state index is -3.48. The second kappa shape index (κ2) is 4.56. The smallest absolute Gasteiger partial charge is 0.233 e. The maximum atomic E-state index is 10.6. The Kier molecular flexibility index (Phi) is 3.65. The fourth-order valence-electron chi connectivity index (χ4n) is 0.791. The zero-order valence-corrected chi connectivity index (χ0v) is 9.05. The maximum absolute atomic E-state index is 10.6. The molecule has 5 nitrogen and oxygen atoms in total. The highest BCUT2D eigenvalue weighted by molar-refractivity contribution is 8.13. The Labute approximate surface area is 86.5 Å². The first-order chi connectivity index (χ1) is 6.51. The molecule has 0 fully saturated rings. The Morgan fingerprint density at radius 2 is 2.00 bits per heavy atom. The summed E-state index contributed by atoms with van der Waals surface area (Å²) in [7, 11) is 3.06. The third-order valence-corrected chi connectivity index (χ3v) is 2.64. The quantitative estimate of drug-likeness (QED) is 0.716. The molecule has 7 heteroatoms. The second-order valence-electron chi connectivity index (χ2n) is 2.53. The topological polar surface area (TPSA) is 69.2 Å². The number of hydrogen-bond donors (Lipinski definition) is 0. The van der Waals surface area contributed by atoms with Gasteiger partial charge in [0.1, 0.15) is 5.82 Å². The molecular weight excluding hydrogens is 228 g/mol. The van der Waals surface area contributed by atoms with Gasteiger partial charge in [-0.1, -0.05) is 0 Å². The number of hydrogen-bond acceptors (Lipinski definition) is 5. The van der Waals surface area contributed by atoms with Crippen LogP contribution in [-0.2, 0) is 15.5 Å². The second-order valence-corrected chi connectivity index (χ2v) is 5.43. The fraction of sp³-hybridized carbons (Fsp3) is 0.429. The molecule has 1 aromatic rings. The van der Waals surface area contributed by atoms with Crippen LogP contribution < -0.4 is 4.74 Å². The Balaban J connectivity index is 2.61. The van der Waals surface area contributed by atoms with Crippen LogP contribution in [0.4, 0.5) is 0 Å². The van der Waals surface area contributed by atoms with Gasteiger partial charge in [0.2, 0.25) is 9.05 Å². The van der Waals surface area contributed by atoms with Gasteiger partial charge >= 0.3 is 0 Å². The third-order valence-electron chi connectivity index (χ3n) is 1.49. The first-order valence-electron chi connectivity index (χ1n) is 3.78. The van der Waals surface area contributed by atoms with Gasteiger partial charge in [0.15, 0.2) is 5.75 Å². The molecule has 1 rings (SSSR count). The molecule has 0 aliphatic heterocycles. The molecule has 0 saturated carbocycles. The molecule has 1 heterocycles. The number of aryl methyl sites for hydroxylation is 1. The van der Waals surface area contributed by atoms with Crippen molar-refractivity contribution in [2.45, 2.75) is 6.42 Å². The molecule has 0 atom stereocenters. The van der Waals surface area contributed by atoms with Gasteiger partial charge in [-0.15, -0.1) is 0 Å². The van der Waals surface area contributed by atoms with Crippen LogP contribution in [0.15, 0.2) is 12.4 Å². The molecule has 0 N–H and O–H groups in total. The lowest BCUT2D eigenvalue weighted by molar-refractivity contribution is 0.410. The van der Waals surface area contributed by atoms with Crippen LogP contribution in [0.2, 0.25) is 0 Å². The minimum absolute atomic E-state index is 0.166. The van der Waals surface area contributed by atoms with Gasteiger partial charge in [0.05, 0.1) is 25.3 Å². The lowest BCUT2D eigenvalue weighted by Crippen LogP contribution is -2.04. The van der Waals surface area contributed by atoms with E-state index in [2.05, 4.69) is 9.97 Å². The van der Waals surface area contributed by atoms with E-state index in [4.69, 9.17) is 15.4 Å². The van der Waals surface area contributed by atoms with Crippen molar-refractivity contribution in [3.8, 4) is 5.75 Å². The number of nitrogens with zero attached hydrogens (tertiary/aromatic N) is 2. The Morgan fingerprint density at radius 3 is 2.43 bits per heavy atom. The standard InChI is InChI=1S/C7H9ClN2O3S/c1-13-6-4-9-7(10-5-6)2-3-14(8,11)12/h4-5H,2-3H2,1H3. The van der Waals surface area contributed by atoms with Crippen molar-refractivity contribution in [3.63, 3.8) is 0 Å². The van der Waals surface area contributed by atoms with E-state index in [9.17, 15) is 8.42 Å². The van der Waals surface area contributed by atoms with Crippen molar-refractivity contribution >= 4 is 19.7 Å². The number of halogens is 1. The van der Waals surface area contributed by atoms with Crippen LogP contribution in [0.5, 0.6) is 5.75 Å². The summed E-state index contributed by atoms with van der Waals surface area (Å²) < 4.78 is 26.1. The van der Waals surface area contributed by atoms with Crippen LogP contribution in [0.25, 0.3) is 0 Å². The lowest BCUT2D eigenvalue weighted by Gasteiger charge is -1.99. The van der Waals surface area contributed by atoms with Crippen LogP contribution in [-0.4, -0.2) is 31.2 Å². The van der Waals surface area contributed by atoms with Gasteiger partial charge < -0.3 is 4.74 Å². The summed E-state index contributed by atoms with van der Waals surface area (Å²) in [5, 5.41) is 0. The van der Waals surface area contributed by atoms with E-state index in [-0.39, 0.29) is 12.2 Å². The molecule has 78 valence electrons. The Hall–Kier alpha value is -0.880. The monoisotopic (exact) mass is 236 g/mol. The van der Waals surface area contributed by atoms with E-state index >= 15 is 0 Å². The number of methoxy groups -OCH3 is 1. The van der Waals surface area contributed by atoms with E-state index < -0.39 is 9.05 Å². The minimum Gasteiger partial charge on any atom is -0.494 e. The molecule has 0 unspecified atom stereocenters. The van der Waals surface area contributed by atoms with Crippen LogP contribution in [0, 0.1) is 0 Å². The van der Waals surface area contributed by atoms with E-state index in [1.807, 2.05) is 0 Å². The maximum Gasteiger partial charge on any atom is 0.233 e. The first kappa shape index (κ1) is 11.2. The summed E-state index contributed by atoms with van der Waals surface area (Å²) in [6, 6.07) is 0. The molecule has 0 bridgehead atoms. The Bertz CT molecular complexity index is 390. The summed E-state index contributed by atoms with van der Waals surface area (Å²) in [5.74, 6) is 0.790. The van der Waals surface area contributed by atoms with E-state index in [1.54, 1.807) is 0 Å². The molecular formula is C7H9ClN2O3S. The van der Waals surface area contributed by atoms with Gasteiger partial charge in [-0.05, 0) is 0 Å². The van der Waals surface area contributed by atoms with Gasteiger partial charge in [-0.2, -0.15) is 0 Å². The van der Waals surface area contributed by atoms with E-state index in [0.717, 1.165) is 0 Å². The number of ether oxygens (including phenoxy) is 1. The largest absolute Gasteiger partial charge is 0.494 e. The van der Waals surface area contributed by atoms with Crippen molar-refractivity contribution in [3.05, 3.63) is 18.2 Å². The van der Waals surface area contributed by atoms with Crippen molar-refractivity contribution in [2.24, 2.45) is 0 Å². The highest BCUT2D eigenvalue weighted by atomic mass is 35.7. The highest BCUT2D eigenvalue weighted by Gasteiger charge is 2.07. The predicted octanol–water partition coefficient (Wildman–Crippen LogP) is 0.596. The van der Waals surface area contributed by atoms with E-state index in [0.29, 0.717) is 11.6 Å². The molecule has 1 aromatic heterocycles. The summed E-state index contributed by atoms with van der Waals surface area (Å²) in [5.41, 5.74) is 0.